The summed E-state index contributed by atoms with van der Waals surface area (Å²) in [7, 11) is -4.84. The summed E-state index contributed by atoms with van der Waals surface area (Å²) in [6.45, 7) is 0. The van der Waals surface area contributed by atoms with Gasteiger partial charge in [0.2, 0.25) is 0 Å². The molecule has 13 heavy (non-hydrogen) atoms. The lowest BCUT2D eigenvalue weighted by atomic mass is 10.3. The van der Waals surface area contributed by atoms with Gasteiger partial charge in [-0.3, -0.25) is 4.57 Å². The molecule has 1 aliphatic rings. The monoisotopic (exact) mass is 208 g/mol. The highest BCUT2D eigenvalue weighted by atomic mass is 31.2. The summed E-state index contributed by atoms with van der Waals surface area (Å²) in [5, 5.41) is 8.89. The predicted molar refractivity (Wildman–Crippen MR) is 37.2 cm³/mol. The molecule has 0 spiro atoms. The summed E-state index contributed by atoms with van der Waals surface area (Å²) in [5.41, 5.74) is -0.724. The van der Waals surface area contributed by atoms with Gasteiger partial charge in [0, 0.05) is 6.08 Å². The SMILES string of the molecule is O=C1C=C(C(O)P(=O)(O)O)C(=O)O1. The molecule has 0 aromatic rings. The molecule has 0 amide bonds. The number of rotatable bonds is 2. The lowest BCUT2D eigenvalue weighted by Gasteiger charge is -2.10. The number of hydrogen-bond acceptors (Lipinski definition) is 5. The molecule has 0 aromatic heterocycles. The van der Waals surface area contributed by atoms with Crippen LogP contribution in [-0.2, 0) is 18.9 Å². The molecule has 1 rings (SSSR count). The van der Waals surface area contributed by atoms with Gasteiger partial charge in [0.05, 0.1) is 5.57 Å². The van der Waals surface area contributed by atoms with Crippen molar-refractivity contribution in [2.24, 2.45) is 0 Å². The fourth-order valence-electron chi connectivity index (χ4n) is 0.727. The third kappa shape index (κ3) is 2.02. The first-order valence-electron chi connectivity index (χ1n) is 3.03. The Morgan fingerprint density at radius 1 is 1.38 bits per heavy atom. The normalized spacial score (nSPS) is 19.8. The minimum Gasteiger partial charge on any atom is -0.386 e. The summed E-state index contributed by atoms with van der Waals surface area (Å²) < 4.78 is 14.4. The van der Waals surface area contributed by atoms with E-state index in [0.717, 1.165) is 0 Å². The van der Waals surface area contributed by atoms with Crippen molar-refractivity contribution in [2.45, 2.75) is 5.85 Å². The molecule has 0 aliphatic carbocycles. The van der Waals surface area contributed by atoms with Gasteiger partial charge in [-0.25, -0.2) is 9.59 Å². The molecule has 0 fully saturated rings. The Morgan fingerprint density at radius 2 is 1.92 bits per heavy atom. The molecule has 1 heterocycles. The summed E-state index contributed by atoms with van der Waals surface area (Å²) in [6.07, 6.45) is 0.548. The molecule has 7 nitrogen and oxygen atoms in total. The van der Waals surface area contributed by atoms with Crippen molar-refractivity contribution in [2.75, 3.05) is 0 Å². The van der Waals surface area contributed by atoms with Crippen LogP contribution in [0, 0.1) is 0 Å². The van der Waals surface area contributed by atoms with Crippen LogP contribution in [0.2, 0.25) is 0 Å². The summed E-state index contributed by atoms with van der Waals surface area (Å²) >= 11 is 0. The average Bonchev–Trinajstić information content (AvgIpc) is 2.26. The van der Waals surface area contributed by atoms with E-state index in [4.69, 9.17) is 14.9 Å². The van der Waals surface area contributed by atoms with E-state index in [1.54, 1.807) is 0 Å². The standard InChI is InChI=1S/C5H5O7P/c6-3-1-2(4(7)12-3)5(8)13(9,10)11/h1,5,8H,(H2,9,10,11). The molecule has 1 aliphatic heterocycles. The van der Waals surface area contributed by atoms with Crippen molar-refractivity contribution < 1.29 is 33.8 Å². The molecule has 0 radical (unpaired) electrons. The number of carbonyl (C=O) groups is 2. The largest absolute Gasteiger partial charge is 0.386 e. The number of hydrogen-bond donors (Lipinski definition) is 3. The quantitative estimate of drug-likeness (QED) is 0.286. The minimum atomic E-state index is -4.84. The van der Waals surface area contributed by atoms with Crippen molar-refractivity contribution in [1.82, 2.24) is 0 Å². The Bertz CT molecular complexity index is 337. The molecule has 1 atom stereocenters. The van der Waals surface area contributed by atoms with Crippen molar-refractivity contribution in [1.29, 1.82) is 0 Å². The maximum Gasteiger partial charge on any atom is 0.358 e. The summed E-state index contributed by atoms with van der Waals surface area (Å²) in [6, 6.07) is 0. The van der Waals surface area contributed by atoms with Crippen molar-refractivity contribution >= 4 is 19.5 Å². The highest BCUT2D eigenvalue weighted by Gasteiger charge is 2.39. The maximum absolute atomic E-state index is 10.7. The maximum atomic E-state index is 10.7. The van der Waals surface area contributed by atoms with Crippen LogP contribution in [0.1, 0.15) is 0 Å². The van der Waals surface area contributed by atoms with Gasteiger partial charge in [-0.1, -0.05) is 0 Å². The molecule has 72 valence electrons. The number of carbonyl (C=O) groups excluding carboxylic acids is 2. The van der Waals surface area contributed by atoms with Gasteiger partial charge < -0.3 is 19.6 Å². The first kappa shape index (κ1) is 10.1. The van der Waals surface area contributed by atoms with Gasteiger partial charge in [0.25, 0.3) is 0 Å². The fourth-order valence-corrected chi connectivity index (χ4v) is 1.27. The Kier molecular flexibility index (Phi) is 2.36. The van der Waals surface area contributed by atoms with Crippen LogP contribution in [0.3, 0.4) is 0 Å². The molecule has 1 unspecified atom stereocenters. The molecular formula is C5H5O7P. The smallest absolute Gasteiger partial charge is 0.358 e. The van der Waals surface area contributed by atoms with Gasteiger partial charge >= 0.3 is 19.5 Å². The van der Waals surface area contributed by atoms with Gasteiger partial charge in [-0.05, 0) is 0 Å². The van der Waals surface area contributed by atoms with Crippen molar-refractivity contribution in [3.8, 4) is 0 Å². The van der Waals surface area contributed by atoms with E-state index in [9.17, 15) is 14.2 Å². The zero-order valence-corrected chi connectivity index (χ0v) is 6.97. The predicted octanol–water partition coefficient (Wildman–Crippen LogP) is -1.51. The number of ether oxygens (including phenoxy) is 1. The zero-order chi connectivity index (χ0) is 10.2. The van der Waals surface area contributed by atoms with Crippen LogP contribution in [0.25, 0.3) is 0 Å². The number of aliphatic hydroxyl groups excluding tert-OH is 1. The molecule has 3 N–H and O–H groups in total. The van der Waals surface area contributed by atoms with Crippen LogP contribution < -0.4 is 0 Å². The third-order valence-electron chi connectivity index (χ3n) is 1.30. The van der Waals surface area contributed by atoms with Crippen LogP contribution >= 0.6 is 7.60 Å². The first-order chi connectivity index (χ1) is 5.82. The highest BCUT2D eigenvalue weighted by Crippen LogP contribution is 2.44. The van der Waals surface area contributed by atoms with Gasteiger partial charge in [-0.2, -0.15) is 0 Å². The average molecular weight is 208 g/mol. The van der Waals surface area contributed by atoms with Crippen LogP contribution in [0.4, 0.5) is 0 Å². The minimum absolute atomic E-state index is 0.548. The van der Waals surface area contributed by atoms with E-state index in [-0.39, 0.29) is 0 Å². The third-order valence-corrected chi connectivity index (χ3v) is 2.21. The Balaban J connectivity index is 2.97. The lowest BCUT2D eigenvalue weighted by molar-refractivity contribution is -0.150. The molecule has 0 saturated heterocycles. The molecule has 0 bridgehead atoms. The molecule has 0 saturated carbocycles. The van der Waals surface area contributed by atoms with E-state index in [0.29, 0.717) is 6.08 Å². The van der Waals surface area contributed by atoms with Crippen LogP contribution in [-0.4, -0.2) is 32.7 Å². The molecular weight excluding hydrogens is 203 g/mol. The van der Waals surface area contributed by atoms with Crippen LogP contribution in [0.15, 0.2) is 11.6 Å². The molecule has 8 heteroatoms. The number of esters is 2. The summed E-state index contributed by atoms with van der Waals surface area (Å²) in [5.74, 6) is -4.58. The van der Waals surface area contributed by atoms with Crippen molar-refractivity contribution in [3.63, 3.8) is 0 Å². The van der Waals surface area contributed by atoms with E-state index in [2.05, 4.69) is 4.74 Å². The van der Waals surface area contributed by atoms with E-state index < -0.39 is 31.0 Å². The van der Waals surface area contributed by atoms with E-state index in [1.165, 1.54) is 0 Å². The van der Waals surface area contributed by atoms with Crippen molar-refractivity contribution in [3.05, 3.63) is 11.6 Å². The van der Waals surface area contributed by atoms with E-state index in [1.807, 2.05) is 0 Å². The van der Waals surface area contributed by atoms with Crippen LogP contribution in [0.5, 0.6) is 0 Å². The van der Waals surface area contributed by atoms with E-state index >= 15 is 0 Å². The fraction of sp³-hybridized carbons (Fsp3) is 0.200. The highest BCUT2D eigenvalue weighted by molar-refractivity contribution is 7.52. The number of cyclic esters (lactones) is 2. The Hall–Kier alpha value is -1.01. The first-order valence-corrected chi connectivity index (χ1v) is 4.71. The lowest BCUT2D eigenvalue weighted by Crippen LogP contribution is -2.16. The second-order valence-electron chi connectivity index (χ2n) is 2.27. The van der Waals surface area contributed by atoms with Gasteiger partial charge in [-0.15, -0.1) is 0 Å². The van der Waals surface area contributed by atoms with Gasteiger partial charge in [0.1, 0.15) is 0 Å². The molecule has 0 aromatic carbocycles. The second-order valence-corrected chi connectivity index (χ2v) is 3.94. The topological polar surface area (TPSA) is 121 Å². The van der Waals surface area contributed by atoms with Gasteiger partial charge in [0.15, 0.2) is 5.85 Å². The summed E-state index contributed by atoms with van der Waals surface area (Å²) in [4.78, 5) is 38.0. The zero-order valence-electron chi connectivity index (χ0n) is 6.08. The Labute approximate surface area is 71.8 Å². The Morgan fingerprint density at radius 3 is 2.23 bits per heavy atom. The second kappa shape index (κ2) is 3.04. The number of aliphatic hydroxyl groups is 1.